The number of nitrogens with one attached hydrogen (secondary N) is 1. The van der Waals surface area contributed by atoms with Gasteiger partial charge < -0.3 is 16.2 Å². The lowest BCUT2D eigenvalue weighted by atomic mass is 10.1. The first-order chi connectivity index (χ1) is 11.6. The first-order valence-corrected chi connectivity index (χ1v) is 8.11. The Morgan fingerprint density at radius 1 is 1.04 bits per heavy atom. The van der Waals surface area contributed by atoms with E-state index in [0.717, 1.165) is 16.7 Å². The van der Waals surface area contributed by atoms with Gasteiger partial charge in [-0.15, -0.1) is 0 Å². The van der Waals surface area contributed by atoms with E-state index >= 15 is 0 Å². The lowest BCUT2D eigenvalue weighted by molar-refractivity contribution is 0.477. The quantitative estimate of drug-likeness (QED) is 0.670. The maximum absolute atomic E-state index is 10.1. The maximum Gasteiger partial charge on any atom is 0.165 e. The predicted molar refractivity (Wildman–Crippen MR) is 97.9 cm³/mol. The van der Waals surface area contributed by atoms with Gasteiger partial charge >= 0.3 is 0 Å². The van der Waals surface area contributed by atoms with Gasteiger partial charge in [0.25, 0.3) is 0 Å². The lowest BCUT2D eigenvalue weighted by Gasteiger charge is -2.18. The number of hydrogen-bond donors (Lipinski definition) is 3. The minimum Gasteiger partial charge on any atom is -0.507 e. The van der Waals surface area contributed by atoms with E-state index in [0.29, 0.717) is 23.9 Å². The zero-order chi connectivity index (χ0) is 17.1. The molecule has 0 bridgehead atoms. The zero-order valence-electron chi connectivity index (χ0n) is 13.9. The molecule has 0 saturated carbocycles. The van der Waals surface area contributed by atoms with Crippen molar-refractivity contribution in [2.24, 2.45) is 11.7 Å². The molecular formula is C19H22N4O. The molecule has 0 saturated heterocycles. The summed E-state index contributed by atoms with van der Waals surface area (Å²) < 4.78 is 0. The third kappa shape index (κ3) is 3.31. The average molecular weight is 322 g/mol. The Morgan fingerprint density at radius 3 is 2.50 bits per heavy atom. The highest BCUT2D eigenvalue weighted by atomic mass is 16.3. The molecule has 5 nitrogen and oxygen atoms in total. The molecule has 1 atom stereocenters. The number of rotatable bonds is 5. The van der Waals surface area contributed by atoms with Crippen LogP contribution in [0.5, 0.6) is 5.75 Å². The van der Waals surface area contributed by atoms with Crippen molar-refractivity contribution in [3.8, 4) is 17.1 Å². The third-order valence-electron chi connectivity index (χ3n) is 4.11. The molecule has 0 radical (unpaired) electrons. The minimum absolute atomic E-state index is 0.0345. The summed E-state index contributed by atoms with van der Waals surface area (Å²) in [5.74, 6) is 1.77. The van der Waals surface area contributed by atoms with Gasteiger partial charge in [0, 0.05) is 18.0 Å². The van der Waals surface area contributed by atoms with Crippen molar-refractivity contribution in [3.05, 3.63) is 48.5 Å². The Bertz CT molecular complexity index is 848. The number of aromatic nitrogens is 2. The van der Waals surface area contributed by atoms with Crippen LogP contribution in [-0.2, 0) is 0 Å². The molecule has 3 rings (SSSR count). The normalized spacial score (nSPS) is 12.5. The fourth-order valence-electron chi connectivity index (χ4n) is 2.44. The van der Waals surface area contributed by atoms with E-state index in [-0.39, 0.29) is 11.8 Å². The van der Waals surface area contributed by atoms with Crippen molar-refractivity contribution >= 4 is 16.7 Å². The monoisotopic (exact) mass is 322 g/mol. The molecule has 4 N–H and O–H groups in total. The number of aromatic hydroxyl groups is 1. The number of phenols is 1. The van der Waals surface area contributed by atoms with Crippen LogP contribution in [0.3, 0.4) is 0 Å². The van der Waals surface area contributed by atoms with Gasteiger partial charge in [-0.2, -0.15) is 0 Å². The molecule has 124 valence electrons. The Kier molecular flexibility index (Phi) is 4.62. The first-order valence-electron chi connectivity index (χ1n) is 8.11. The summed E-state index contributed by atoms with van der Waals surface area (Å²) in [5, 5.41) is 14.4. The maximum atomic E-state index is 10.1. The molecule has 1 aromatic heterocycles. The largest absolute Gasteiger partial charge is 0.507 e. The number of para-hydroxylation sites is 2. The van der Waals surface area contributed by atoms with Crippen LogP contribution in [0.1, 0.15) is 13.8 Å². The van der Waals surface area contributed by atoms with E-state index < -0.39 is 0 Å². The van der Waals surface area contributed by atoms with Gasteiger partial charge in [0.1, 0.15) is 11.6 Å². The Morgan fingerprint density at radius 2 is 1.75 bits per heavy atom. The highest BCUT2D eigenvalue weighted by Gasteiger charge is 2.13. The van der Waals surface area contributed by atoms with E-state index in [2.05, 4.69) is 29.1 Å². The zero-order valence-corrected chi connectivity index (χ0v) is 13.9. The first kappa shape index (κ1) is 16.2. The van der Waals surface area contributed by atoms with Crippen molar-refractivity contribution < 1.29 is 5.11 Å². The van der Waals surface area contributed by atoms with E-state index in [1.165, 1.54) is 0 Å². The molecule has 0 fully saturated rings. The van der Waals surface area contributed by atoms with Crippen molar-refractivity contribution in [3.63, 3.8) is 0 Å². The van der Waals surface area contributed by atoms with Gasteiger partial charge in [-0.25, -0.2) is 9.97 Å². The summed E-state index contributed by atoms with van der Waals surface area (Å²) in [6.45, 7) is 4.81. The Labute approximate surface area is 141 Å². The van der Waals surface area contributed by atoms with Crippen LogP contribution < -0.4 is 11.1 Å². The molecule has 0 aliphatic rings. The number of hydrogen-bond acceptors (Lipinski definition) is 5. The van der Waals surface area contributed by atoms with Gasteiger partial charge in [-0.3, -0.25) is 0 Å². The topological polar surface area (TPSA) is 84.1 Å². The molecule has 1 heterocycles. The summed E-state index contributed by atoms with van der Waals surface area (Å²) >= 11 is 0. The number of phenolic OH excluding ortho intramolecular Hbond substituents is 1. The fraction of sp³-hybridized carbons (Fsp3) is 0.263. The van der Waals surface area contributed by atoms with Crippen LogP contribution in [0.25, 0.3) is 22.3 Å². The van der Waals surface area contributed by atoms with Gasteiger partial charge in [-0.05, 0) is 30.2 Å². The molecule has 0 aliphatic heterocycles. The minimum atomic E-state index is 0.0345. The van der Waals surface area contributed by atoms with E-state index in [1.807, 2.05) is 36.4 Å². The smallest absolute Gasteiger partial charge is 0.165 e. The second-order valence-corrected chi connectivity index (χ2v) is 6.22. The van der Waals surface area contributed by atoms with Crippen LogP contribution in [0.15, 0.2) is 48.5 Å². The summed E-state index contributed by atoms with van der Waals surface area (Å²) in [6.07, 6.45) is 0. The second-order valence-electron chi connectivity index (χ2n) is 6.22. The van der Waals surface area contributed by atoms with Crippen molar-refractivity contribution in [2.75, 3.05) is 11.9 Å². The Hall–Kier alpha value is -2.66. The fourth-order valence-corrected chi connectivity index (χ4v) is 2.44. The number of nitrogens with two attached hydrogens (primary N) is 1. The number of benzene rings is 2. The van der Waals surface area contributed by atoms with Crippen LogP contribution in [0.2, 0.25) is 0 Å². The van der Waals surface area contributed by atoms with Crippen molar-refractivity contribution in [2.45, 2.75) is 19.9 Å². The summed E-state index contributed by atoms with van der Waals surface area (Å²) in [5.41, 5.74) is 7.57. The van der Waals surface area contributed by atoms with Gasteiger partial charge in [-0.1, -0.05) is 38.1 Å². The third-order valence-corrected chi connectivity index (χ3v) is 4.11. The Balaban J connectivity index is 2.05. The van der Waals surface area contributed by atoms with Crippen LogP contribution in [-0.4, -0.2) is 27.7 Å². The van der Waals surface area contributed by atoms with E-state index in [9.17, 15) is 5.11 Å². The molecule has 24 heavy (non-hydrogen) atoms. The summed E-state index contributed by atoms with van der Waals surface area (Å²) in [7, 11) is 0. The van der Waals surface area contributed by atoms with Gasteiger partial charge in [0.05, 0.1) is 11.1 Å². The van der Waals surface area contributed by atoms with E-state index in [4.69, 9.17) is 5.73 Å². The van der Waals surface area contributed by atoms with Gasteiger partial charge in [0.15, 0.2) is 5.82 Å². The molecule has 3 aromatic rings. The number of nitrogens with zero attached hydrogens (tertiary/aromatic N) is 2. The molecular weight excluding hydrogens is 300 g/mol. The standard InChI is InChI=1S/C19H22N4O/c1-12(2)15(20)11-21-18-13-7-3-5-9-16(13)22-19(23-18)14-8-4-6-10-17(14)24/h3-10,12,15,24H,11,20H2,1-2H3,(H,21,22,23). The lowest BCUT2D eigenvalue weighted by Crippen LogP contribution is -2.34. The number of anilines is 1. The second kappa shape index (κ2) is 6.84. The summed E-state index contributed by atoms with van der Waals surface area (Å²) in [6, 6.07) is 14.9. The molecule has 0 aliphatic carbocycles. The SMILES string of the molecule is CC(C)C(N)CNc1nc(-c2ccccc2O)nc2ccccc12. The highest BCUT2D eigenvalue weighted by Crippen LogP contribution is 2.29. The van der Waals surface area contributed by atoms with Crippen LogP contribution in [0, 0.1) is 5.92 Å². The molecule has 2 aromatic carbocycles. The average Bonchev–Trinajstić information content (AvgIpc) is 2.59. The van der Waals surface area contributed by atoms with Crippen LogP contribution >= 0.6 is 0 Å². The summed E-state index contributed by atoms with van der Waals surface area (Å²) in [4.78, 5) is 9.21. The molecule has 5 heteroatoms. The van der Waals surface area contributed by atoms with Crippen molar-refractivity contribution in [1.82, 2.24) is 9.97 Å². The van der Waals surface area contributed by atoms with Gasteiger partial charge in [0.2, 0.25) is 0 Å². The highest BCUT2D eigenvalue weighted by molar-refractivity contribution is 5.90. The number of fused-ring (bicyclic) bond motifs is 1. The predicted octanol–water partition coefficient (Wildman–Crippen LogP) is 3.40. The van der Waals surface area contributed by atoms with Crippen LogP contribution in [0.4, 0.5) is 5.82 Å². The molecule has 0 spiro atoms. The van der Waals surface area contributed by atoms with Crippen molar-refractivity contribution in [1.29, 1.82) is 0 Å². The molecule has 1 unspecified atom stereocenters. The molecule has 0 amide bonds. The van der Waals surface area contributed by atoms with E-state index in [1.54, 1.807) is 12.1 Å².